The average Bonchev–Trinajstić information content (AvgIpc) is 3.50. The number of thiazole rings is 1. The molecule has 0 bridgehead atoms. The largest absolute Gasteiger partial charge is 0.497 e. The van der Waals surface area contributed by atoms with Crippen LogP contribution in [0.5, 0.6) is 5.75 Å². The van der Waals surface area contributed by atoms with E-state index in [9.17, 15) is 9.59 Å². The van der Waals surface area contributed by atoms with Crippen LogP contribution in [0.4, 0.5) is 0 Å². The fraction of sp³-hybridized carbons (Fsp3) is 0.182. The van der Waals surface area contributed by atoms with Crippen LogP contribution >= 0.6 is 22.9 Å². The fourth-order valence-electron chi connectivity index (χ4n) is 5.37. The van der Waals surface area contributed by atoms with Crippen LogP contribution in [0.1, 0.15) is 36.6 Å². The van der Waals surface area contributed by atoms with Gasteiger partial charge in [-0.25, -0.2) is 9.79 Å². The molecular formula is C33H28ClN3O4S. The van der Waals surface area contributed by atoms with Crippen molar-refractivity contribution in [2.75, 3.05) is 13.7 Å². The Bertz CT molecular complexity index is 2040. The Morgan fingerprint density at radius 2 is 1.81 bits per heavy atom. The van der Waals surface area contributed by atoms with E-state index < -0.39 is 12.0 Å². The van der Waals surface area contributed by atoms with Gasteiger partial charge in [0.15, 0.2) is 4.80 Å². The summed E-state index contributed by atoms with van der Waals surface area (Å²) < 4.78 is 15.0. The van der Waals surface area contributed by atoms with E-state index >= 15 is 0 Å². The molecule has 1 atom stereocenters. The lowest BCUT2D eigenvalue weighted by molar-refractivity contribution is -0.139. The minimum atomic E-state index is -0.685. The summed E-state index contributed by atoms with van der Waals surface area (Å²) in [4.78, 5) is 32.5. The average molecular weight is 598 g/mol. The molecule has 2 aromatic heterocycles. The summed E-state index contributed by atoms with van der Waals surface area (Å²) in [6, 6.07) is 22.5. The number of allylic oxidation sites excluding steroid dienone is 1. The number of methoxy groups -OCH3 is 1. The fourth-order valence-corrected chi connectivity index (χ4v) is 6.60. The number of hydrogen-bond acceptors (Lipinski definition) is 6. The van der Waals surface area contributed by atoms with Crippen LogP contribution in [0.3, 0.4) is 0 Å². The summed E-state index contributed by atoms with van der Waals surface area (Å²) in [5.41, 5.74) is 4.36. The maximum Gasteiger partial charge on any atom is 0.338 e. The number of carbonyl (C=O) groups is 1. The van der Waals surface area contributed by atoms with Gasteiger partial charge in [-0.3, -0.25) is 9.36 Å². The predicted molar refractivity (Wildman–Crippen MR) is 166 cm³/mol. The van der Waals surface area contributed by atoms with Gasteiger partial charge in [0.05, 0.1) is 35.6 Å². The summed E-state index contributed by atoms with van der Waals surface area (Å²) in [5, 5.41) is 1.72. The molecule has 0 radical (unpaired) electrons. The first-order chi connectivity index (χ1) is 20.4. The second-order valence-electron chi connectivity index (χ2n) is 9.90. The van der Waals surface area contributed by atoms with Crippen molar-refractivity contribution < 1.29 is 14.3 Å². The highest BCUT2D eigenvalue weighted by atomic mass is 35.5. The van der Waals surface area contributed by atoms with Crippen LogP contribution in [-0.2, 0) is 16.1 Å². The highest BCUT2D eigenvalue weighted by Gasteiger charge is 2.33. The van der Waals surface area contributed by atoms with E-state index in [1.54, 1.807) is 25.5 Å². The van der Waals surface area contributed by atoms with Gasteiger partial charge in [-0.05, 0) is 55.3 Å². The molecule has 5 aromatic rings. The van der Waals surface area contributed by atoms with Crippen molar-refractivity contribution >= 4 is 45.9 Å². The van der Waals surface area contributed by atoms with Gasteiger partial charge in [0.1, 0.15) is 5.75 Å². The van der Waals surface area contributed by atoms with Crippen LogP contribution in [0.15, 0.2) is 100 Å². The number of benzene rings is 3. The third-order valence-corrected chi connectivity index (χ3v) is 8.70. The third-order valence-electron chi connectivity index (χ3n) is 7.35. The predicted octanol–water partition coefficient (Wildman–Crippen LogP) is 5.46. The molecule has 0 aliphatic carbocycles. The lowest BCUT2D eigenvalue weighted by Gasteiger charge is -2.24. The molecule has 0 unspecified atom stereocenters. The monoisotopic (exact) mass is 597 g/mol. The Hall–Kier alpha value is -4.40. The van der Waals surface area contributed by atoms with E-state index in [-0.39, 0.29) is 12.2 Å². The molecule has 0 amide bonds. The van der Waals surface area contributed by atoms with Gasteiger partial charge in [-0.2, -0.15) is 0 Å². The van der Waals surface area contributed by atoms with E-state index in [1.165, 1.54) is 11.3 Å². The number of esters is 1. The third kappa shape index (κ3) is 4.97. The topological polar surface area (TPSA) is 74.8 Å². The van der Waals surface area contributed by atoms with Gasteiger partial charge >= 0.3 is 5.97 Å². The zero-order valence-electron chi connectivity index (χ0n) is 23.3. The van der Waals surface area contributed by atoms with E-state index in [0.717, 1.165) is 27.6 Å². The van der Waals surface area contributed by atoms with Gasteiger partial charge in [0, 0.05) is 34.2 Å². The summed E-state index contributed by atoms with van der Waals surface area (Å²) in [5.74, 6) is 0.189. The van der Waals surface area contributed by atoms with Gasteiger partial charge in [0.2, 0.25) is 0 Å². The van der Waals surface area contributed by atoms with Gasteiger partial charge in [0.25, 0.3) is 5.56 Å². The zero-order valence-corrected chi connectivity index (χ0v) is 24.9. The van der Waals surface area contributed by atoms with Crippen LogP contribution in [0.2, 0.25) is 5.02 Å². The van der Waals surface area contributed by atoms with Crippen LogP contribution in [0.25, 0.3) is 17.0 Å². The van der Waals surface area contributed by atoms with Crippen molar-refractivity contribution in [3.8, 4) is 5.75 Å². The highest BCUT2D eigenvalue weighted by molar-refractivity contribution is 7.07. The summed E-state index contributed by atoms with van der Waals surface area (Å²) >= 11 is 7.77. The standard InChI is InChI=1S/C33H28ClN3O4S/c1-4-41-32(39)29-20(2)35-33-37(30(29)21-13-15-24(40-3)16-14-21)31(38)28(42-33)17-23-19-36(27-12-8-6-10-25(23)27)18-22-9-5-7-11-26(22)34/h5-17,19,30H,4,18H2,1-3H3/t30-/m1/s1. The molecule has 0 spiro atoms. The van der Waals surface area contributed by atoms with E-state index in [0.29, 0.717) is 37.9 Å². The van der Waals surface area contributed by atoms with Gasteiger partial charge in [-0.1, -0.05) is 71.5 Å². The molecule has 9 heteroatoms. The molecule has 1 aliphatic rings. The molecule has 3 heterocycles. The zero-order chi connectivity index (χ0) is 29.4. The van der Waals surface area contributed by atoms with Crippen molar-refractivity contribution in [1.82, 2.24) is 9.13 Å². The normalized spacial score (nSPS) is 15.0. The Labute approximate surface area is 251 Å². The first-order valence-corrected chi connectivity index (χ1v) is 14.7. The number of nitrogens with zero attached hydrogens (tertiary/aromatic N) is 3. The number of aromatic nitrogens is 2. The van der Waals surface area contributed by atoms with Crippen LogP contribution in [0, 0.1) is 0 Å². The minimum Gasteiger partial charge on any atom is -0.497 e. The summed E-state index contributed by atoms with van der Waals surface area (Å²) in [7, 11) is 1.59. The summed E-state index contributed by atoms with van der Waals surface area (Å²) in [6.45, 7) is 4.35. The second kappa shape index (κ2) is 11.5. The van der Waals surface area contributed by atoms with Crippen molar-refractivity contribution in [3.63, 3.8) is 0 Å². The molecule has 0 saturated carbocycles. The number of halogens is 1. The lowest BCUT2D eigenvalue weighted by atomic mass is 9.96. The Morgan fingerprint density at radius 3 is 2.55 bits per heavy atom. The van der Waals surface area contributed by atoms with Crippen LogP contribution < -0.4 is 19.6 Å². The molecule has 7 nitrogen and oxygen atoms in total. The maximum absolute atomic E-state index is 14.1. The molecule has 212 valence electrons. The van der Waals surface area contributed by atoms with E-state index in [4.69, 9.17) is 26.1 Å². The number of hydrogen-bond donors (Lipinski definition) is 0. The molecule has 0 fully saturated rings. The van der Waals surface area contributed by atoms with Crippen molar-refractivity contribution in [2.45, 2.75) is 26.4 Å². The van der Waals surface area contributed by atoms with Crippen LogP contribution in [-0.4, -0.2) is 28.8 Å². The second-order valence-corrected chi connectivity index (χ2v) is 11.3. The smallest absolute Gasteiger partial charge is 0.338 e. The molecule has 1 aliphatic heterocycles. The lowest BCUT2D eigenvalue weighted by Crippen LogP contribution is -2.39. The quantitative estimate of drug-likeness (QED) is 0.233. The Morgan fingerprint density at radius 1 is 1.07 bits per heavy atom. The van der Waals surface area contributed by atoms with Crippen molar-refractivity contribution in [2.24, 2.45) is 4.99 Å². The molecule has 0 N–H and O–H groups in total. The highest BCUT2D eigenvalue weighted by Crippen LogP contribution is 2.32. The van der Waals surface area contributed by atoms with Crippen molar-refractivity contribution in [1.29, 1.82) is 0 Å². The number of rotatable bonds is 7. The van der Waals surface area contributed by atoms with Crippen molar-refractivity contribution in [3.05, 3.63) is 132 Å². The SMILES string of the molecule is CCOC(=O)C1=C(C)N=c2sc(=Cc3cn(Cc4ccccc4Cl)c4ccccc34)c(=O)n2[C@@H]1c1ccc(OC)cc1. The maximum atomic E-state index is 14.1. The van der Waals surface area contributed by atoms with E-state index in [2.05, 4.69) is 10.6 Å². The molecule has 3 aromatic carbocycles. The van der Waals surface area contributed by atoms with Gasteiger partial charge < -0.3 is 14.0 Å². The number of fused-ring (bicyclic) bond motifs is 2. The Kier molecular flexibility index (Phi) is 7.58. The molecule has 42 heavy (non-hydrogen) atoms. The number of para-hydroxylation sites is 1. The molecule has 0 saturated heterocycles. The number of ether oxygens (including phenoxy) is 2. The summed E-state index contributed by atoms with van der Waals surface area (Å²) in [6.07, 6.45) is 3.95. The number of carbonyl (C=O) groups excluding carboxylic acids is 1. The molecule has 6 rings (SSSR count). The molecular weight excluding hydrogens is 570 g/mol. The Balaban J connectivity index is 1.51. The first kappa shape index (κ1) is 27.8. The van der Waals surface area contributed by atoms with Gasteiger partial charge in [-0.15, -0.1) is 0 Å². The van der Waals surface area contributed by atoms with E-state index in [1.807, 2.05) is 79.0 Å². The first-order valence-electron chi connectivity index (χ1n) is 13.5. The minimum absolute atomic E-state index is 0.216.